The molecule has 1 aromatic carbocycles. The highest BCUT2D eigenvalue weighted by Gasteiger charge is 2.22. The second kappa shape index (κ2) is 10.1. The molecule has 1 aromatic heterocycles. The van der Waals surface area contributed by atoms with Crippen molar-refractivity contribution in [3.05, 3.63) is 46.3 Å². The molecule has 1 heterocycles. The van der Waals surface area contributed by atoms with Crippen molar-refractivity contribution in [1.82, 2.24) is 0 Å². The van der Waals surface area contributed by atoms with Crippen LogP contribution in [-0.4, -0.2) is 35.9 Å². The summed E-state index contributed by atoms with van der Waals surface area (Å²) in [6, 6.07) is 9.14. The number of hydrogen-bond donors (Lipinski definition) is 2. The van der Waals surface area contributed by atoms with Crippen LogP contribution in [0.25, 0.3) is 0 Å². The second-order valence-corrected chi connectivity index (χ2v) is 7.87. The molecule has 2 aromatic rings. The highest BCUT2D eigenvalue weighted by molar-refractivity contribution is 8.00. The minimum Gasteiger partial charge on any atom is -0.462 e. The average Bonchev–Trinajstić information content (AvgIpc) is 2.89. The van der Waals surface area contributed by atoms with E-state index in [1.165, 1.54) is 23.1 Å². The number of carbonyl (C=O) groups excluding carboxylic acids is 3. The van der Waals surface area contributed by atoms with Gasteiger partial charge in [0.25, 0.3) is 0 Å². The van der Waals surface area contributed by atoms with Crippen LogP contribution in [0.1, 0.15) is 27.7 Å². The number of carbonyl (C=O) groups is 3. The number of rotatable bonds is 8. The summed E-state index contributed by atoms with van der Waals surface area (Å²) < 4.78 is 5.07. The smallest absolute Gasteiger partial charge is 0.341 e. The maximum absolute atomic E-state index is 12.2. The zero-order chi connectivity index (χ0) is 19.8. The normalized spacial score (nSPS) is 10.3. The zero-order valence-corrected chi connectivity index (χ0v) is 17.1. The summed E-state index contributed by atoms with van der Waals surface area (Å²) in [5.41, 5.74) is 1.93. The Kier molecular flexibility index (Phi) is 7.87. The second-order valence-electron chi connectivity index (χ2n) is 5.66. The minimum absolute atomic E-state index is 0.112. The number of aryl methyl sites for hydroxylation is 1. The van der Waals surface area contributed by atoms with Gasteiger partial charge in [-0.2, -0.15) is 0 Å². The van der Waals surface area contributed by atoms with Crippen molar-refractivity contribution < 1.29 is 19.1 Å². The predicted molar refractivity (Wildman–Crippen MR) is 111 cm³/mol. The fraction of sp³-hybridized carbons (Fsp3) is 0.316. The average molecular weight is 407 g/mol. The Morgan fingerprint density at radius 1 is 1.04 bits per heavy atom. The van der Waals surface area contributed by atoms with Crippen molar-refractivity contribution in [2.75, 3.05) is 28.7 Å². The van der Waals surface area contributed by atoms with Gasteiger partial charge in [0.1, 0.15) is 5.00 Å². The third-order valence-electron chi connectivity index (χ3n) is 3.64. The Hall–Kier alpha value is -2.32. The summed E-state index contributed by atoms with van der Waals surface area (Å²) in [6.45, 7) is 5.73. The maximum Gasteiger partial charge on any atom is 0.341 e. The number of esters is 1. The van der Waals surface area contributed by atoms with E-state index in [0.717, 1.165) is 16.1 Å². The summed E-state index contributed by atoms with van der Waals surface area (Å²) in [5, 5.41) is 6.01. The fourth-order valence-corrected chi connectivity index (χ4v) is 3.96. The molecule has 27 heavy (non-hydrogen) atoms. The fourth-order valence-electron chi connectivity index (χ4n) is 2.28. The summed E-state index contributed by atoms with van der Waals surface area (Å²) in [6.07, 6.45) is 0. The van der Waals surface area contributed by atoms with E-state index in [2.05, 4.69) is 10.6 Å². The molecule has 0 aliphatic rings. The first-order valence-corrected chi connectivity index (χ1v) is 10.4. The number of anilines is 2. The van der Waals surface area contributed by atoms with Gasteiger partial charge in [0.2, 0.25) is 11.8 Å². The summed E-state index contributed by atoms with van der Waals surface area (Å²) >= 11 is 2.55. The molecular formula is C19H22N2O4S2. The van der Waals surface area contributed by atoms with Crippen molar-refractivity contribution in [3.63, 3.8) is 0 Å². The van der Waals surface area contributed by atoms with Crippen LogP contribution in [0, 0.1) is 13.8 Å². The third kappa shape index (κ3) is 6.11. The predicted octanol–water partition coefficient (Wildman–Crippen LogP) is 3.85. The molecule has 0 fully saturated rings. The lowest BCUT2D eigenvalue weighted by atomic mass is 10.1. The zero-order valence-electron chi connectivity index (χ0n) is 15.5. The Morgan fingerprint density at radius 2 is 1.67 bits per heavy atom. The van der Waals surface area contributed by atoms with Crippen LogP contribution in [0.15, 0.2) is 30.3 Å². The Labute approximate surface area is 166 Å². The van der Waals surface area contributed by atoms with Gasteiger partial charge in [-0.15, -0.1) is 23.1 Å². The van der Waals surface area contributed by atoms with E-state index >= 15 is 0 Å². The van der Waals surface area contributed by atoms with E-state index in [0.29, 0.717) is 10.6 Å². The number of thiophene rings is 1. The van der Waals surface area contributed by atoms with Crippen molar-refractivity contribution in [2.45, 2.75) is 20.8 Å². The van der Waals surface area contributed by atoms with Crippen molar-refractivity contribution >= 4 is 51.6 Å². The molecule has 0 saturated carbocycles. The monoisotopic (exact) mass is 406 g/mol. The molecule has 144 valence electrons. The van der Waals surface area contributed by atoms with Crippen LogP contribution in [0.5, 0.6) is 0 Å². The van der Waals surface area contributed by atoms with Gasteiger partial charge < -0.3 is 15.4 Å². The van der Waals surface area contributed by atoms with Crippen molar-refractivity contribution in [3.8, 4) is 0 Å². The van der Waals surface area contributed by atoms with Gasteiger partial charge in [-0.25, -0.2) is 4.79 Å². The van der Waals surface area contributed by atoms with Crippen LogP contribution in [0.3, 0.4) is 0 Å². The van der Waals surface area contributed by atoms with Gasteiger partial charge in [0.05, 0.1) is 23.7 Å². The van der Waals surface area contributed by atoms with Gasteiger partial charge in [-0.3, -0.25) is 9.59 Å². The minimum atomic E-state index is -0.440. The Morgan fingerprint density at radius 3 is 2.30 bits per heavy atom. The van der Waals surface area contributed by atoms with E-state index in [1.54, 1.807) is 19.1 Å². The number of benzene rings is 1. The molecule has 0 spiro atoms. The summed E-state index contributed by atoms with van der Waals surface area (Å²) in [7, 11) is 0. The largest absolute Gasteiger partial charge is 0.462 e. The molecule has 0 aliphatic carbocycles. The van der Waals surface area contributed by atoms with Crippen LogP contribution < -0.4 is 10.6 Å². The lowest BCUT2D eigenvalue weighted by Crippen LogP contribution is -2.19. The van der Waals surface area contributed by atoms with Gasteiger partial charge >= 0.3 is 5.97 Å². The van der Waals surface area contributed by atoms with Crippen LogP contribution >= 0.6 is 23.1 Å². The molecule has 0 saturated heterocycles. The number of thioether (sulfide) groups is 1. The lowest BCUT2D eigenvalue weighted by Gasteiger charge is -2.07. The Bertz CT molecular complexity index is 819. The molecular weight excluding hydrogens is 384 g/mol. The first-order valence-electron chi connectivity index (χ1n) is 8.42. The highest BCUT2D eigenvalue weighted by Crippen LogP contribution is 2.33. The first-order chi connectivity index (χ1) is 12.9. The lowest BCUT2D eigenvalue weighted by molar-refractivity contribution is -0.114. The third-order valence-corrected chi connectivity index (χ3v) is 5.70. The molecule has 2 amide bonds. The molecule has 8 heteroatoms. The molecule has 2 N–H and O–H groups in total. The van der Waals surface area contributed by atoms with E-state index in [-0.39, 0.29) is 29.9 Å². The number of nitrogens with one attached hydrogen (secondary N) is 2. The molecule has 0 radical (unpaired) electrons. The molecule has 0 aliphatic heterocycles. The van der Waals surface area contributed by atoms with Gasteiger partial charge in [-0.1, -0.05) is 18.2 Å². The first kappa shape index (κ1) is 21.0. The van der Waals surface area contributed by atoms with E-state index < -0.39 is 5.97 Å². The quantitative estimate of drug-likeness (QED) is 0.651. The van der Waals surface area contributed by atoms with E-state index in [1.807, 2.05) is 32.0 Å². The van der Waals surface area contributed by atoms with Gasteiger partial charge in [-0.05, 0) is 38.5 Å². The number of amides is 2. The summed E-state index contributed by atoms with van der Waals surface area (Å²) in [5.74, 6) is -0.603. The van der Waals surface area contributed by atoms with Crippen molar-refractivity contribution in [2.24, 2.45) is 0 Å². The van der Waals surface area contributed by atoms with E-state index in [4.69, 9.17) is 4.74 Å². The van der Waals surface area contributed by atoms with Gasteiger partial charge in [0.15, 0.2) is 0 Å². The standard InChI is InChI=1S/C19H22N2O4S2/c1-4-25-19(24)17-12(2)13(3)27-18(17)21-16(23)11-26-10-15(22)20-14-8-6-5-7-9-14/h5-9H,4,10-11H2,1-3H3,(H,20,22)(H,21,23). The molecule has 2 rings (SSSR count). The Balaban J connectivity index is 1.86. The SMILES string of the molecule is CCOC(=O)c1c(NC(=O)CSCC(=O)Nc2ccccc2)sc(C)c1C. The number of para-hydroxylation sites is 1. The highest BCUT2D eigenvalue weighted by atomic mass is 32.2. The summed E-state index contributed by atoms with van der Waals surface area (Å²) in [4.78, 5) is 37.2. The molecule has 0 unspecified atom stereocenters. The van der Waals surface area contributed by atoms with Gasteiger partial charge in [0, 0.05) is 10.6 Å². The number of ether oxygens (including phenoxy) is 1. The topological polar surface area (TPSA) is 84.5 Å². The molecule has 0 atom stereocenters. The molecule has 0 bridgehead atoms. The van der Waals surface area contributed by atoms with Crippen molar-refractivity contribution in [1.29, 1.82) is 0 Å². The molecule has 6 nitrogen and oxygen atoms in total. The van der Waals surface area contributed by atoms with Crippen LogP contribution in [0.2, 0.25) is 0 Å². The van der Waals surface area contributed by atoms with Crippen LogP contribution in [0.4, 0.5) is 10.7 Å². The van der Waals surface area contributed by atoms with E-state index in [9.17, 15) is 14.4 Å². The maximum atomic E-state index is 12.2. The number of hydrogen-bond acceptors (Lipinski definition) is 6. The van der Waals surface area contributed by atoms with Crippen LogP contribution in [-0.2, 0) is 14.3 Å².